The van der Waals surface area contributed by atoms with E-state index in [9.17, 15) is 0 Å². The number of aromatic nitrogens is 1. The predicted octanol–water partition coefficient (Wildman–Crippen LogP) is 4.39. The lowest BCUT2D eigenvalue weighted by Gasteiger charge is -2.07. The number of benzene rings is 1. The number of rotatable bonds is 4. The quantitative estimate of drug-likeness (QED) is 0.906. The maximum absolute atomic E-state index is 4.35. The lowest BCUT2D eigenvalue weighted by Crippen LogP contribution is -1.98. The Balaban J connectivity index is 2.02. The molecule has 0 radical (unpaired) electrons. The Morgan fingerprint density at radius 2 is 2.24 bits per heavy atom. The zero-order chi connectivity index (χ0) is 12.3. The average Bonchev–Trinajstić information content (AvgIpc) is 2.76. The average molecular weight is 311 g/mol. The molecule has 90 valence electrons. The van der Waals surface area contributed by atoms with Crippen molar-refractivity contribution in [3.05, 3.63) is 44.3 Å². The molecule has 1 aromatic heterocycles. The highest BCUT2D eigenvalue weighted by Gasteiger charge is 2.02. The van der Waals surface area contributed by atoms with Gasteiger partial charge in [-0.25, -0.2) is 4.98 Å². The number of hydrogen-bond donors (Lipinski definition) is 1. The van der Waals surface area contributed by atoms with Crippen LogP contribution in [0.1, 0.15) is 22.4 Å². The van der Waals surface area contributed by atoms with Crippen LogP contribution in [0.3, 0.4) is 0 Å². The third-order valence-electron chi connectivity index (χ3n) is 2.48. The second-order valence-electron chi connectivity index (χ2n) is 3.91. The molecule has 1 N–H and O–H groups in total. The van der Waals surface area contributed by atoms with Gasteiger partial charge in [0, 0.05) is 21.2 Å². The molecule has 17 heavy (non-hydrogen) atoms. The molecule has 0 aliphatic heterocycles. The van der Waals surface area contributed by atoms with E-state index >= 15 is 0 Å². The molecular formula is C13H15BrN2S. The van der Waals surface area contributed by atoms with Gasteiger partial charge in [0.1, 0.15) is 0 Å². The maximum Gasteiger partial charge on any atom is 0.0925 e. The lowest BCUT2D eigenvalue weighted by molar-refractivity contribution is 1.09. The van der Waals surface area contributed by atoms with Crippen LogP contribution in [0.15, 0.2) is 28.9 Å². The number of anilines is 1. The molecule has 2 rings (SSSR count). The number of hydrogen-bond acceptors (Lipinski definition) is 3. The van der Waals surface area contributed by atoms with Gasteiger partial charge in [-0.1, -0.05) is 13.0 Å². The monoisotopic (exact) mass is 310 g/mol. The Kier molecular flexibility index (Phi) is 4.18. The van der Waals surface area contributed by atoms with E-state index in [1.807, 2.05) is 6.20 Å². The molecule has 0 saturated carbocycles. The summed E-state index contributed by atoms with van der Waals surface area (Å²) in [6.07, 6.45) is 2.97. The van der Waals surface area contributed by atoms with Crippen molar-refractivity contribution in [3.8, 4) is 0 Å². The van der Waals surface area contributed by atoms with E-state index in [1.54, 1.807) is 11.3 Å². The van der Waals surface area contributed by atoms with Crippen LogP contribution in [0.2, 0.25) is 0 Å². The summed E-state index contributed by atoms with van der Waals surface area (Å²) in [5.74, 6) is 0. The number of nitrogens with zero attached hydrogens (tertiary/aromatic N) is 1. The van der Waals surface area contributed by atoms with Gasteiger partial charge in [-0.2, -0.15) is 0 Å². The highest BCUT2D eigenvalue weighted by atomic mass is 79.9. The van der Waals surface area contributed by atoms with Crippen LogP contribution < -0.4 is 5.32 Å². The molecule has 0 spiro atoms. The third-order valence-corrected chi connectivity index (χ3v) is 4.28. The van der Waals surface area contributed by atoms with Crippen molar-refractivity contribution in [2.75, 3.05) is 5.32 Å². The smallest absolute Gasteiger partial charge is 0.0925 e. The van der Waals surface area contributed by atoms with Crippen molar-refractivity contribution >= 4 is 33.0 Å². The first-order chi connectivity index (χ1) is 8.19. The zero-order valence-electron chi connectivity index (χ0n) is 9.96. The van der Waals surface area contributed by atoms with Crippen LogP contribution in [0.4, 0.5) is 5.69 Å². The first-order valence-electron chi connectivity index (χ1n) is 5.62. The van der Waals surface area contributed by atoms with Gasteiger partial charge >= 0.3 is 0 Å². The van der Waals surface area contributed by atoms with E-state index in [1.165, 1.54) is 15.4 Å². The second kappa shape index (κ2) is 5.65. The summed E-state index contributed by atoms with van der Waals surface area (Å²) >= 11 is 5.34. The standard InChI is InChI=1S/C13H15BrN2S/c1-3-13-16-8-10(17-13)7-15-12-5-4-9(2)6-11(12)14/h4-6,8,15H,3,7H2,1-2H3. The normalized spacial score (nSPS) is 10.5. The van der Waals surface area contributed by atoms with Gasteiger partial charge < -0.3 is 5.32 Å². The molecule has 0 fully saturated rings. The summed E-state index contributed by atoms with van der Waals surface area (Å²) < 4.78 is 1.11. The summed E-state index contributed by atoms with van der Waals surface area (Å²) in [7, 11) is 0. The molecule has 0 aliphatic carbocycles. The summed E-state index contributed by atoms with van der Waals surface area (Å²) in [4.78, 5) is 5.62. The number of aryl methyl sites for hydroxylation is 2. The van der Waals surface area contributed by atoms with E-state index in [0.717, 1.165) is 23.1 Å². The number of halogens is 1. The fourth-order valence-electron chi connectivity index (χ4n) is 1.54. The van der Waals surface area contributed by atoms with Crippen molar-refractivity contribution in [3.63, 3.8) is 0 Å². The van der Waals surface area contributed by atoms with Crippen molar-refractivity contribution in [2.24, 2.45) is 0 Å². The van der Waals surface area contributed by atoms with Crippen molar-refractivity contribution in [2.45, 2.75) is 26.8 Å². The van der Waals surface area contributed by atoms with E-state index in [2.05, 4.69) is 58.3 Å². The molecule has 1 heterocycles. The molecule has 0 aliphatic rings. The Labute approximate surface area is 114 Å². The largest absolute Gasteiger partial charge is 0.379 e. The Bertz CT molecular complexity index is 508. The van der Waals surface area contributed by atoms with Gasteiger partial charge in [0.15, 0.2) is 0 Å². The van der Waals surface area contributed by atoms with Gasteiger partial charge in [-0.15, -0.1) is 11.3 Å². The van der Waals surface area contributed by atoms with Gasteiger partial charge in [-0.05, 0) is 47.0 Å². The number of nitrogens with one attached hydrogen (secondary N) is 1. The highest BCUT2D eigenvalue weighted by Crippen LogP contribution is 2.24. The van der Waals surface area contributed by atoms with Crippen LogP contribution >= 0.6 is 27.3 Å². The van der Waals surface area contributed by atoms with Gasteiger partial charge in [0.05, 0.1) is 11.6 Å². The number of thiazole rings is 1. The molecule has 0 atom stereocenters. The maximum atomic E-state index is 4.35. The fraction of sp³-hybridized carbons (Fsp3) is 0.308. The van der Waals surface area contributed by atoms with Crippen molar-refractivity contribution in [1.82, 2.24) is 4.98 Å². The zero-order valence-corrected chi connectivity index (χ0v) is 12.4. The highest BCUT2D eigenvalue weighted by molar-refractivity contribution is 9.10. The SMILES string of the molecule is CCc1ncc(CNc2ccc(C)cc2Br)s1. The second-order valence-corrected chi connectivity index (χ2v) is 5.96. The van der Waals surface area contributed by atoms with Gasteiger partial charge in [-0.3, -0.25) is 0 Å². The first-order valence-corrected chi connectivity index (χ1v) is 7.23. The van der Waals surface area contributed by atoms with Crippen LogP contribution in [-0.4, -0.2) is 4.98 Å². The van der Waals surface area contributed by atoms with E-state index < -0.39 is 0 Å². The van der Waals surface area contributed by atoms with E-state index in [4.69, 9.17) is 0 Å². The summed E-state index contributed by atoms with van der Waals surface area (Å²) in [6, 6.07) is 6.32. The Morgan fingerprint density at radius 3 is 2.88 bits per heavy atom. The topological polar surface area (TPSA) is 24.9 Å². The van der Waals surface area contributed by atoms with Crippen LogP contribution in [-0.2, 0) is 13.0 Å². The van der Waals surface area contributed by atoms with Crippen molar-refractivity contribution in [1.29, 1.82) is 0 Å². The molecule has 0 amide bonds. The summed E-state index contributed by atoms with van der Waals surface area (Å²) in [5.41, 5.74) is 2.38. The first kappa shape index (κ1) is 12.6. The minimum atomic E-state index is 0.833. The van der Waals surface area contributed by atoms with Gasteiger partial charge in [0.25, 0.3) is 0 Å². The minimum Gasteiger partial charge on any atom is -0.379 e. The Hall–Kier alpha value is -0.870. The molecule has 2 aromatic rings. The third kappa shape index (κ3) is 3.30. The van der Waals surface area contributed by atoms with Crippen molar-refractivity contribution < 1.29 is 0 Å². The molecule has 4 heteroatoms. The molecule has 0 bridgehead atoms. The van der Waals surface area contributed by atoms with Crippen LogP contribution in [0, 0.1) is 6.92 Å². The molecule has 0 unspecified atom stereocenters. The molecular weight excluding hydrogens is 296 g/mol. The minimum absolute atomic E-state index is 0.833. The van der Waals surface area contributed by atoms with Crippen LogP contribution in [0.25, 0.3) is 0 Å². The molecule has 0 saturated heterocycles. The van der Waals surface area contributed by atoms with E-state index in [0.29, 0.717) is 0 Å². The lowest BCUT2D eigenvalue weighted by atomic mass is 10.2. The fourth-order valence-corrected chi connectivity index (χ4v) is 2.97. The molecule has 2 nitrogen and oxygen atoms in total. The van der Waals surface area contributed by atoms with Gasteiger partial charge in [0.2, 0.25) is 0 Å². The van der Waals surface area contributed by atoms with Crippen LogP contribution in [0.5, 0.6) is 0 Å². The van der Waals surface area contributed by atoms with E-state index in [-0.39, 0.29) is 0 Å². The summed E-state index contributed by atoms with van der Waals surface area (Å²) in [6.45, 7) is 5.05. The predicted molar refractivity (Wildman–Crippen MR) is 77.7 cm³/mol. The Morgan fingerprint density at radius 1 is 1.41 bits per heavy atom. The molecule has 1 aromatic carbocycles. The summed E-state index contributed by atoms with van der Waals surface area (Å²) in [5, 5.41) is 4.62.